The first-order valence-electron chi connectivity index (χ1n) is 8.13. The summed E-state index contributed by atoms with van der Waals surface area (Å²) in [6.45, 7) is -0.190. The zero-order chi connectivity index (χ0) is 19.4. The number of nitrogens with two attached hydrogens (primary N) is 1. The number of nitrogens with zero attached hydrogens (tertiary/aromatic N) is 1. The molecule has 3 rings (SSSR count). The number of carbonyl (C=O) groups is 1. The third-order valence-electron chi connectivity index (χ3n) is 3.91. The van der Waals surface area contributed by atoms with Gasteiger partial charge in [-0.05, 0) is 42.3 Å². The SMILES string of the molecule is NC(Cc1ccc(O)cc1)c1nc(C(=O)NCc2cc(F)ccc2F)co1. The van der Waals surface area contributed by atoms with Crippen molar-refractivity contribution >= 4 is 5.91 Å². The number of benzene rings is 2. The van der Waals surface area contributed by atoms with Gasteiger partial charge in [0, 0.05) is 12.1 Å². The van der Waals surface area contributed by atoms with Gasteiger partial charge in [0.25, 0.3) is 5.91 Å². The summed E-state index contributed by atoms with van der Waals surface area (Å²) in [5, 5.41) is 11.7. The van der Waals surface area contributed by atoms with Crippen LogP contribution >= 0.6 is 0 Å². The predicted octanol–water partition coefficient (Wildman–Crippen LogP) is 2.83. The number of halogens is 2. The first kappa shape index (κ1) is 18.5. The molecule has 0 spiro atoms. The van der Waals surface area contributed by atoms with E-state index in [2.05, 4.69) is 10.3 Å². The van der Waals surface area contributed by atoms with Gasteiger partial charge in [-0.1, -0.05) is 12.1 Å². The minimum Gasteiger partial charge on any atom is -0.508 e. The summed E-state index contributed by atoms with van der Waals surface area (Å²) in [5.41, 5.74) is 6.92. The topological polar surface area (TPSA) is 101 Å². The van der Waals surface area contributed by atoms with Gasteiger partial charge in [-0.2, -0.15) is 0 Å². The van der Waals surface area contributed by atoms with Gasteiger partial charge in [0.2, 0.25) is 5.89 Å². The number of phenols is 1. The van der Waals surface area contributed by atoms with Gasteiger partial charge in [0.15, 0.2) is 5.69 Å². The van der Waals surface area contributed by atoms with Crippen molar-refractivity contribution in [2.24, 2.45) is 5.73 Å². The molecule has 0 saturated heterocycles. The van der Waals surface area contributed by atoms with E-state index in [9.17, 15) is 18.7 Å². The number of nitrogens with one attached hydrogen (secondary N) is 1. The number of phenolic OH excluding ortho intramolecular Hbond substituents is 1. The molecule has 1 heterocycles. The number of hydrogen-bond donors (Lipinski definition) is 3. The lowest BCUT2D eigenvalue weighted by Gasteiger charge is -2.07. The number of rotatable bonds is 6. The van der Waals surface area contributed by atoms with Gasteiger partial charge >= 0.3 is 0 Å². The van der Waals surface area contributed by atoms with Crippen molar-refractivity contribution in [3.63, 3.8) is 0 Å². The third kappa shape index (κ3) is 4.68. The molecule has 0 fully saturated rings. The summed E-state index contributed by atoms with van der Waals surface area (Å²) in [4.78, 5) is 16.2. The molecule has 0 aliphatic rings. The zero-order valence-corrected chi connectivity index (χ0v) is 14.2. The van der Waals surface area contributed by atoms with E-state index in [-0.39, 0.29) is 29.4 Å². The first-order chi connectivity index (χ1) is 12.9. The van der Waals surface area contributed by atoms with Crippen molar-refractivity contribution in [3.8, 4) is 5.75 Å². The Hall–Kier alpha value is -3.26. The van der Waals surface area contributed by atoms with E-state index in [1.54, 1.807) is 24.3 Å². The van der Waals surface area contributed by atoms with Gasteiger partial charge in [-0.25, -0.2) is 13.8 Å². The highest BCUT2D eigenvalue weighted by atomic mass is 19.1. The van der Waals surface area contributed by atoms with Crippen LogP contribution in [0.5, 0.6) is 5.75 Å². The van der Waals surface area contributed by atoms with Crippen LogP contribution in [0.15, 0.2) is 53.1 Å². The highest BCUT2D eigenvalue weighted by Crippen LogP contribution is 2.18. The predicted molar refractivity (Wildman–Crippen MR) is 92.8 cm³/mol. The molecule has 27 heavy (non-hydrogen) atoms. The molecule has 0 bridgehead atoms. The fourth-order valence-corrected chi connectivity index (χ4v) is 2.48. The summed E-state index contributed by atoms with van der Waals surface area (Å²) >= 11 is 0. The number of oxazole rings is 1. The second-order valence-electron chi connectivity index (χ2n) is 5.97. The molecule has 0 aliphatic carbocycles. The van der Waals surface area contributed by atoms with Gasteiger partial charge in [0.05, 0.1) is 6.04 Å². The summed E-state index contributed by atoms with van der Waals surface area (Å²) in [7, 11) is 0. The Morgan fingerprint density at radius 2 is 1.96 bits per heavy atom. The molecule has 1 amide bonds. The first-order valence-corrected chi connectivity index (χ1v) is 8.13. The molecular weight excluding hydrogens is 356 g/mol. The average molecular weight is 373 g/mol. The van der Waals surface area contributed by atoms with Gasteiger partial charge in [-0.15, -0.1) is 0 Å². The minimum atomic E-state index is -0.617. The van der Waals surface area contributed by atoms with Crippen LogP contribution in [0.3, 0.4) is 0 Å². The summed E-state index contributed by atoms with van der Waals surface area (Å²) < 4.78 is 32.0. The van der Waals surface area contributed by atoms with Crippen molar-refractivity contribution in [3.05, 3.63) is 83.1 Å². The fraction of sp³-hybridized carbons (Fsp3) is 0.158. The van der Waals surface area contributed by atoms with E-state index in [1.807, 2.05) is 0 Å². The lowest BCUT2D eigenvalue weighted by atomic mass is 10.1. The molecule has 4 N–H and O–H groups in total. The van der Waals surface area contributed by atoms with Crippen molar-refractivity contribution in [2.75, 3.05) is 0 Å². The maximum Gasteiger partial charge on any atom is 0.273 e. The Morgan fingerprint density at radius 3 is 2.70 bits per heavy atom. The van der Waals surface area contributed by atoms with E-state index >= 15 is 0 Å². The number of carbonyl (C=O) groups excluding carboxylic acids is 1. The van der Waals surface area contributed by atoms with Crippen LogP contribution in [0.25, 0.3) is 0 Å². The average Bonchev–Trinajstić information content (AvgIpc) is 3.14. The van der Waals surface area contributed by atoms with Crippen LogP contribution in [0.1, 0.15) is 33.5 Å². The Morgan fingerprint density at radius 1 is 1.22 bits per heavy atom. The Labute approximate surface area is 153 Å². The van der Waals surface area contributed by atoms with Gasteiger partial charge in [0.1, 0.15) is 23.6 Å². The smallest absolute Gasteiger partial charge is 0.273 e. The summed E-state index contributed by atoms with van der Waals surface area (Å²) in [6.07, 6.45) is 1.56. The highest BCUT2D eigenvalue weighted by Gasteiger charge is 2.18. The molecular formula is C19H17F2N3O3. The molecule has 1 atom stereocenters. The molecule has 3 aromatic rings. The van der Waals surface area contributed by atoms with E-state index in [1.165, 1.54) is 0 Å². The molecule has 2 aromatic carbocycles. The zero-order valence-electron chi connectivity index (χ0n) is 14.2. The van der Waals surface area contributed by atoms with E-state index in [0.717, 1.165) is 30.0 Å². The number of aromatic hydroxyl groups is 1. The molecule has 0 aliphatic heterocycles. The highest BCUT2D eigenvalue weighted by molar-refractivity contribution is 5.91. The van der Waals surface area contributed by atoms with Gasteiger partial charge < -0.3 is 20.6 Å². The molecule has 0 radical (unpaired) electrons. The van der Waals surface area contributed by atoms with E-state index in [4.69, 9.17) is 10.2 Å². The van der Waals surface area contributed by atoms with E-state index in [0.29, 0.717) is 6.42 Å². The van der Waals surface area contributed by atoms with E-state index < -0.39 is 23.6 Å². The molecule has 6 nitrogen and oxygen atoms in total. The Kier molecular flexibility index (Phi) is 5.46. The fourth-order valence-electron chi connectivity index (χ4n) is 2.48. The maximum atomic E-state index is 13.6. The number of aromatic nitrogens is 1. The van der Waals surface area contributed by atoms with Crippen molar-refractivity contribution in [2.45, 2.75) is 19.0 Å². The number of hydrogen-bond acceptors (Lipinski definition) is 5. The summed E-state index contributed by atoms with van der Waals surface area (Å²) in [5.74, 6) is -1.48. The van der Waals surface area contributed by atoms with Crippen molar-refractivity contribution in [1.82, 2.24) is 10.3 Å². The third-order valence-corrected chi connectivity index (χ3v) is 3.91. The Bertz CT molecular complexity index is 942. The van der Waals surface area contributed by atoms with Crippen molar-refractivity contribution in [1.29, 1.82) is 0 Å². The van der Waals surface area contributed by atoms with Crippen molar-refractivity contribution < 1.29 is 23.1 Å². The second-order valence-corrected chi connectivity index (χ2v) is 5.97. The van der Waals surface area contributed by atoms with Crippen LogP contribution in [0, 0.1) is 11.6 Å². The Balaban J connectivity index is 1.61. The lowest BCUT2D eigenvalue weighted by Crippen LogP contribution is -2.24. The minimum absolute atomic E-state index is 0.0111. The molecule has 0 saturated carbocycles. The molecule has 140 valence electrons. The van der Waals surface area contributed by atoms with Crippen LogP contribution < -0.4 is 11.1 Å². The number of amides is 1. The van der Waals surface area contributed by atoms with Crippen LogP contribution in [0.4, 0.5) is 8.78 Å². The summed E-state index contributed by atoms with van der Waals surface area (Å²) in [6, 6.07) is 8.95. The second kappa shape index (κ2) is 7.96. The normalized spacial score (nSPS) is 12.0. The quantitative estimate of drug-likeness (QED) is 0.617. The van der Waals surface area contributed by atoms with Crippen LogP contribution in [0.2, 0.25) is 0 Å². The lowest BCUT2D eigenvalue weighted by molar-refractivity contribution is 0.0945. The van der Waals surface area contributed by atoms with Gasteiger partial charge in [-0.3, -0.25) is 4.79 Å². The van der Waals surface area contributed by atoms with Crippen LogP contribution in [-0.2, 0) is 13.0 Å². The molecule has 1 aromatic heterocycles. The standard InChI is InChI=1S/C19H17F2N3O3/c20-13-3-6-15(21)12(8-13)9-23-18(26)17-10-27-19(24-17)16(22)7-11-1-4-14(25)5-2-11/h1-6,8,10,16,25H,7,9,22H2,(H,23,26). The largest absolute Gasteiger partial charge is 0.508 e. The van der Waals surface area contributed by atoms with Crippen LogP contribution in [-0.4, -0.2) is 16.0 Å². The maximum absolute atomic E-state index is 13.6. The molecule has 1 unspecified atom stereocenters. The monoisotopic (exact) mass is 373 g/mol. The molecule has 8 heteroatoms.